The molecule has 0 bridgehead atoms. The number of hydrogen-bond donors (Lipinski definition) is 0. The van der Waals surface area contributed by atoms with Gasteiger partial charge in [0.15, 0.2) is 0 Å². The van der Waals surface area contributed by atoms with Gasteiger partial charge >= 0.3 is 12.3 Å². The van der Waals surface area contributed by atoms with Gasteiger partial charge in [-0.15, -0.1) is 0 Å². The molecule has 0 saturated heterocycles. The van der Waals surface area contributed by atoms with E-state index in [0.717, 1.165) is 13.8 Å². The molecule has 0 aliphatic rings. The number of halogens is 4. The van der Waals surface area contributed by atoms with Crippen LogP contribution < -0.4 is 5.11 Å². The van der Waals surface area contributed by atoms with E-state index < -0.39 is 30.2 Å². The average molecular weight is 201 g/mol. The molecule has 0 aromatic rings. The summed E-state index contributed by atoms with van der Waals surface area (Å²) in [7, 11) is 0. The first-order chi connectivity index (χ1) is 5.59. The number of hydrogen-bond acceptors (Lipinski definition) is 2. The third kappa shape index (κ3) is 3.20. The fraction of sp³-hybridized carbons (Fsp3) is 0.857. The summed E-state index contributed by atoms with van der Waals surface area (Å²) in [5.41, 5.74) is -1.96. The molecule has 13 heavy (non-hydrogen) atoms. The van der Waals surface area contributed by atoms with Gasteiger partial charge in [0.25, 0.3) is 0 Å². The number of carbonyl (C=O) groups excluding carboxylic acids is 1. The van der Waals surface area contributed by atoms with E-state index in [0.29, 0.717) is 0 Å². The second-order valence-corrected chi connectivity index (χ2v) is 3.41. The number of carbonyl (C=O) groups is 1. The van der Waals surface area contributed by atoms with Crippen molar-refractivity contribution in [3.63, 3.8) is 0 Å². The van der Waals surface area contributed by atoms with Gasteiger partial charge in [0.05, 0.1) is 0 Å². The molecule has 6 heteroatoms. The number of aliphatic carboxylic acids is 1. The lowest BCUT2D eigenvalue weighted by Gasteiger charge is -2.29. The fourth-order valence-electron chi connectivity index (χ4n) is 0.739. The van der Waals surface area contributed by atoms with Gasteiger partial charge in [0, 0.05) is 17.8 Å². The minimum Gasteiger partial charge on any atom is -0.550 e. The highest BCUT2D eigenvalue weighted by Gasteiger charge is 2.45. The van der Waals surface area contributed by atoms with E-state index in [-0.39, 0.29) is 0 Å². The van der Waals surface area contributed by atoms with Crippen LogP contribution in [0.15, 0.2) is 0 Å². The van der Waals surface area contributed by atoms with E-state index in [4.69, 9.17) is 0 Å². The molecule has 0 N–H and O–H groups in total. The van der Waals surface area contributed by atoms with Crippen LogP contribution in [0.1, 0.15) is 20.3 Å². The van der Waals surface area contributed by atoms with Crippen molar-refractivity contribution in [1.82, 2.24) is 0 Å². The Hall–Kier alpha value is -0.810. The van der Waals surface area contributed by atoms with Crippen LogP contribution in [-0.2, 0) is 4.79 Å². The first-order valence-corrected chi connectivity index (χ1v) is 3.47. The second kappa shape index (κ2) is 3.51. The predicted octanol–water partition coefficient (Wildman–Crippen LogP) is 1.05. The molecule has 0 aliphatic heterocycles. The summed E-state index contributed by atoms with van der Waals surface area (Å²) in [6, 6.07) is 0. The van der Waals surface area contributed by atoms with Crippen molar-refractivity contribution < 1.29 is 27.5 Å². The van der Waals surface area contributed by atoms with Gasteiger partial charge in [-0.25, -0.2) is 17.6 Å². The van der Waals surface area contributed by atoms with Crippen LogP contribution in [-0.4, -0.2) is 18.3 Å². The lowest BCUT2D eigenvalue weighted by atomic mass is 9.86. The first kappa shape index (κ1) is 12.2. The highest BCUT2D eigenvalue weighted by molar-refractivity contribution is 5.71. The summed E-state index contributed by atoms with van der Waals surface area (Å²) in [5.74, 6) is -6.06. The lowest BCUT2D eigenvalue weighted by Crippen LogP contribution is -2.43. The summed E-state index contributed by atoms with van der Waals surface area (Å²) in [6.07, 6.45) is -5.29. The lowest BCUT2D eigenvalue weighted by molar-refractivity contribution is -0.321. The van der Waals surface area contributed by atoms with Crippen molar-refractivity contribution in [2.45, 2.75) is 32.6 Å². The maximum absolute atomic E-state index is 12.4. The molecule has 0 heterocycles. The zero-order valence-corrected chi connectivity index (χ0v) is 7.11. The Morgan fingerprint density at radius 3 is 2.00 bits per heavy atom. The van der Waals surface area contributed by atoms with Crippen LogP contribution >= 0.6 is 0 Å². The molecular formula is C7H9F4O2-. The largest absolute Gasteiger partial charge is 0.550 e. The smallest absolute Gasteiger partial charge is 0.308 e. The molecule has 0 spiro atoms. The van der Waals surface area contributed by atoms with Gasteiger partial charge in [-0.2, -0.15) is 0 Å². The standard InChI is InChI=1S/C7H10F4O2/c1-6(2,5(12)13)3-7(10,11)4(8)9/h4H,3H2,1-2H3,(H,12,13)/p-1. The Morgan fingerprint density at radius 2 is 1.77 bits per heavy atom. The van der Waals surface area contributed by atoms with Gasteiger partial charge in [0.1, 0.15) is 0 Å². The summed E-state index contributed by atoms with van der Waals surface area (Å²) >= 11 is 0. The quantitative estimate of drug-likeness (QED) is 0.638. The van der Waals surface area contributed by atoms with Gasteiger partial charge < -0.3 is 9.90 Å². The van der Waals surface area contributed by atoms with Gasteiger partial charge in [-0.05, 0) is 0 Å². The Labute approximate surface area is 72.5 Å². The molecular weight excluding hydrogens is 192 g/mol. The maximum Gasteiger partial charge on any atom is 0.308 e. The number of carboxylic acids is 1. The van der Waals surface area contributed by atoms with E-state index in [1.807, 2.05) is 0 Å². The highest BCUT2D eigenvalue weighted by atomic mass is 19.3. The summed E-state index contributed by atoms with van der Waals surface area (Å²) in [6.45, 7) is 1.83. The zero-order valence-electron chi connectivity index (χ0n) is 7.11. The fourth-order valence-corrected chi connectivity index (χ4v) is 0.739. The topological polar surface area (TPSA) is 40.1 Å². The predicted molar refractivity (Wildman–Crippen MR) is 34.4 cm³/mol. The van der Waals surface area contributed by atoms with Crippen LogP contribution in [0.25, 0.3) is 0 Å². The summed E-state index contributed by atoms with van der Waals surface area (Å²) in [5, 5.41) is 10.2. The van der Waals surface area contributed by atoms with E-state index in [1.165, 1.54) is 0 Å². The third-order valence-corrected chi connectivity index (χ3v) is 1.55. The third-order valence-electron chi connectivity index (χ3n) is 1.55. The molecule has 0 atom stereocenters. The van der Waals surface area contributed by atoms with E-state index in [9.17, 15) is 27.5 Å². The van der Waals surface area contributed by atoms with Crippen LogP contribution in [0.3, 0.4) is 0 Å². The monoisotopic (exact) mass is 201 g/mol. The van der Waals surface area contributed by atoms with Crippen molar-refractivity contribution in [1.29, 1.82) is 0 Å². The van der Waals surface area contributed by atoms with Crippen LogP contribution in [0, 0.1) is 5.41 Å². The number of carboxylic acid groups (broad SMARTS) is 1. The minimum atomic E-state index is -4.29. The van der Waals surface area contributed by atoms with Crippen molar-refractivity contribution in [2.75, 3.05) is 0 Å². The molecule has 0 saturated carbocycles. The van der Waals surface area contributed by atoms with E-state index >= 15 is 0 Å². The molecule has 0 radical (unpaired) electrons. The zero-order chi connectivity index (χ0) is 10.9. The van der Waals surface area contributed by atoms with Crippen molar-refractivity contribution >= 4 is 5.97 Å². The van der Waals surface area contributed by atoms with Gasteiger partial charge in [0.2, 0.25) is 0 Å². The van der Waals surface area contributed by atoms with Crippen LogP contribution in [0.2, 0.25) is 0 Å². The number of rotatable bonds is 4. The molecule has 0 aromatic heterocycles. The van der Waals surface area contributed by atoms with Crippen molar-refractivity contribution in [2.24, 2.45) is 5.41 Å². The summed E-state index contributed by atoms with van der Waals surface area (Å²) < 4.78 is 48.0. The molecule has 0 aromatic carbocycles. The molecule has 0 unspecified atom stereocenters. The Balaban J connectivity index is 4.52. The number of alkyl halides is 4. The minimum absolute atomic E-state index is 0.915. The van der Waals surface area contributed by atoms with Crippen LogP contribution in [0.5, 0.6) is 0 Å². The van der Waals surface area contributed by atoms with Gasteiger partial charge in [-0.1, -0.05) is 13.8 Å². The normalized spacial score (nSPS) is 13.5. The van der Waals surface area contributed by atoms with E-state index in [2.05, 4.69) is 0 Å². The van der Waals surface area contributed by atoms with Gasteiger partial charge in [-0.3, -0.25) is 0 Å². The Kier molecular flexibility index (Phi) is 3.29. The molecule has 0 fully saturated rings. The molecule has 0 rings (SSSR count). The maximum atomic E-state index is 12.4. The molecule has 2 nitrogen and oxygen atoms in total. The SMILES string of the molecule is CC(C)(CC(F)(F)C(F)F)C(=O)[O-]. The molecule has 0 amide bonds. The molecule has 0 aliphatic carbocycles. The van der Waals surface area contributed by atoms with Crippen molar-refractivity contribution in [3.8, 4) is 0 Å². The van der Waals surface area contributed by atoms with Crippen molar-refractivity contribution in [3.05, 3.63) is 0 Å². The van der Waals surface area contributed by atoms with Crippen LogP contribution in [0.4, 0.5) is 17.6 Å². The Bertz CT molecular complexity index is 201. The second-order valence-electron chi connectivity index (χ2n) is 3.41. The molecule has 78 valence electrons. The average Bonchev–Trinajstić information content (AvgIpc) is 1.83. The Morgan fingerprint density at radius 1 is 1.38 bits per heavy atom. The summed E-state index contributed by atoms with van der Waals surface area (Å²) in [4.78, 5) is 10.2. The highest BCUT2D eigenvalue weighted by Crippen LogP contribution is 2.35. The first-order valence-electron chi connectivity index (χ1n) is 3.47. The van der Waals surface area contributed by atoms with E-state index in [1.54, 1.807) is 0 Å².